The van der Waals surface area contributed by atoms with Gasteiger partial charge in [0.25, 0.3) is 5.89 Å². The highest BCUT2D eigenvalue weighted by atomic mass is 16.5. The molecule has 1 saturated heterocycles. The molecule has 1 aromatic carbocycles. The van der Waals surface area contributed by atoms with Crippen molar-refractivity contribution < 1.29 is 18.5 Å². The average molecular weight is 325 g/mol. The van der Waals surface area contributed by atoms with Crippen LogP contribution in [0, 0.1) is 0 Å². The predicted molar refractivity (Wildman–Crippen MR) is 84.7 cm³/mol. The number of rotatable bonds is 4. The van der Waals surface area contributed by atoms with Crippen molar-refractivity contribution >= 4 is 11.6 Å². The van der Waals surface area contributed by atoms with Crippen molar-refractivity contribution in [3.63, 3.8) is 0 Å². The number of furan rings is 1. The summed E-state index contributed by atoms with van der Waals surface area (Å²) in [7, 11) is 1.60. The number of hydrogen-bond donors (Lipinski definition) is 0. The Morgan fingerprint density at radius 1 is 1.29 bits per heavy atom. The van der Waals surface area contributed by atoms with Crippen LogP contribution in [0.15, 0.2) is 51.6 Å². The van der Waals surface area contributed by atoms with E-state index < -0.39 is 0 Å². The third-order valence-electron chi connectivity index (χ3n) is 4.03. The largest absolute Gasteiger partial charge is 0.497 e. The normalized spacial score (nSPS) is 17.5. The highest BCUT2D eigenvalue weighted by Gasteiger charge is 2.35. The smallest absolute Gasteiger partial charge is 0.293 e. The minimum atomic E-state index is -0.115. The van der Waals surface area contributed by atoms with E-state index in [0.717, 1.165) is 5.69 Å². The third kappa shape index (κ3) is 2.54. The molecule has 1 atom stereocenters. The molecule has 0 aliphatic carbocycles. The molecule has 3 aromatic rings. The van der Waals surface area contributed by atoms with Crippen LogP contribution in [0.1, 0.15) is 18.2 Å². The number of ether oxygens (including phenoxy) is 1. The predicted octanol–water partition coefficient (Wildman–Crippen LogP) is 2.86. The summed E-state index contributed by atoms with van der Waals surface area (Å²) in [6.45, 7) is 0.503. The van der Waals surface area contributed by atoms with Crippen LogP contribution in [0.3, 0.4) is 0 Å². The molecule has 1 fully saturated rings. The van der Waals surface area contributed by atoms with Gasteiger partial charge in [-0.05, 0) is 24.3 Å². The number of aromatic nitrogens is 2. The third-order valence-corrected chi connectivity index (χ3v) is 4.03. The summed E-state index contributed by atoms with van der Waals surface area (Å²) >= 11 is 0. The van der Waals surface area contributed by atoms with Crippen molar-refractivity contribution in [1.29, 1.82) is 0 Å². The van der Waals surface area contributed by atoms with Gasteiger partial charge in [0.15, 0.2) is 11.6 Å². The van der Waals surface area contributed by atoms with Crippen LogP contribution in [0.5, 0.6) is 5.75 Å². The number of hydrogen-bond acceptors (Lipinski definition) is 6. The van der Waals surface area contributed by atoms with Gasteiger partial charge in [0.2, 0.25) is 5.91 Å². The maximum atomic E-state index is 12.4. The van der Waals surface area contributed by atoms with Gasteiger partial charge < -0.3 is 18.6 Å². The first-order chi connectivity index (χ1) is 11.7. The summed E-state index contributed by atoms with van der Waals surface area (Å²) in [4.78, 5) is 18.4. The molecule has 122 valence electrons. The fraction of sp³-hybridized carbons (Fsp3) is 0.235. The van der Waals surface area contributed by atoms with E-state index in [-0.39, 0.29) is 11.8 Å². The van der Waals surface area contributed by atoms with Crippen LogP contribution in [0.25, 0.3) is 11.7 Å². The maximum Gasteiger partial charge on any atom is 0.293 e. The van der Waals surface area contributed by atoms with Crippen molar-refractivity contribution in [2.75, 3.05) is 18.6 Å². The van der Waals surface area contributed by atoms with E-state index in [1.165, 1.54) is 0 Å². The summed E-state index contributed by atoms with van der Waals surface area (Å²) in [5.41, 5.74) is 0.802. The second-order valence-corrected chi connectivity index (χ2v) is 5.54. The van der Waals surface area contributed by atoms with Crippen LogP contribution in [0.2, 0.25) is 0 Å². The zero-order valence-electron chi connectivity index (χ0n) is 13.0. The van der Waals surface area contributed by atoms with E-state index >= 15 is 0 Å². The van der Waals surface area contributed by atoms with Gasteiger partial charge in [-0.3, -0.25) is 4.79 Å². The quantitative estimate of drug-likeness (QED) is 0.733. The van der Waals surface area contributed by atoms with Gasteiger partial charge in [-0.15, -0.1) is 0 Å². The number of carbonyl (C=O) groups is 1. The Labute approximate surface area is 137 Å². The van der Waals surface area contributed by atoms with Crippen LogP contribution in [-0.2, 0) is 4.79 Å². The van der Waals surface area contributed by atoms with Crippen molar-refractivity contribution in [3.05, 3.63) is 48.5 Å². The number of anilines is 1. The molecule has 0 radical (unpaired) electrons. The Hall–Kier alpha value is -3.09. The molecular weight excluding hydrogens is 310 g/mol. The highest BCUT2D eigenvalue weighted by Crippen LogP contribution is 2.32. The minimum absolute atomic E-state index is 0.0256. The second kappa shape index (κ2) is 5.84. The summed E-state index contributed by atoms with van der Waals surface area (Å²) in [6, 6.07) is 10.9. The van der Waals surface area contributed by atoms with Gasteiger partial charge >= 0.3 is 0 Å². The first kappa shape index (κ1) is 14.5. The molecule has 4 rings (SSSR count). The molecule has 24 heavy (non-hydrogen) atoms. The fourth-order valence-electron chi connectivity index (χ4n) is 2.81. The Morgan fingerprint density at radius 2 is 2.21 bits per heavy atom. The van der Waals surface area contributed by atoms with Gasteiger partial charge in [0.05, 0.1) is 13.4 Å². The summed E-state index contributed by atoms with van der Waals surface area (Å²) in [6.07, 6.45) is 1.89. The lowest BCUT2D eigenvalue weighted by atomic mass is 10.1. The fourth-order valence-corrected chi connectivity index (χ4v) is 2.81. The first-order valence-corrected chi connectivity index (χ1v) is 7.56. The van der Waals surface area contributed by atoms with Crippen LogP contribution in [0.4, 0.5) is 5.69 Å². The molecule has 0 saturated carbocycles. The van der Waals surface area contributed by atoms with Gasteiger partial charge in [-0.25, -0.2) is 0 Å². The maximum absolute atomic E-state index is 12.4. The molecule has 1 aliphatic rings. The average Bonchev–Trinajstić information content (AvgIpc) is 3.34. The van der Waals surface area contributed by atoms with Crippen molar-refractivity contribution in [1.82, 2.24) is 10.1 Å². The zero-order valence-corrected chi connectivity index (χ0v) is 13.0. The van der Waals surface area contributed by atoms with Crippen LogP contribution in [-0.4, -0.2) is 29.7 Å². The lowest BCUT2D eigenvalue weighted by Gasteiger charge is -2.16. The van der Waals surface area contributed by atoms with Gasteiger partial charge in [-0.2, -0.15) is 4.98 Å². The number of carbonyl (C=O) groups excluding carboxylic acids is 1. The van der Waals surface area contributed by atoms with Gasteiger partial charge in [0, 0.05) is 30.6 Å². The number of methoxy groups -OCH3 is 1. The Kier molecular flexibility index (Phi) is 3.53. The van der Waals surface area contributed by atoms with Crippen molar-refractivity contribution in [2.24, 2.45) is 0 Å². The van der Waals surface area contributed by atoms with E-state index in [4.69, 9.17) is 13.7 Å². The van der Waals surface area contributed by atoms with Crippen LogP contribution < -0.4 is 9.64 Å². The molecule has 0 bridgehead atoms. The van der Waals surface area contributed by atoms with Crippen molar-refractivity contribution in [2.45, 2.75) is 12.3 Å². The van der Waals surface area contributed by atoms with Gasteiger partial charge in [-0.1, -0.05) is 11.2 Å². The monoisotopic (exact) mass is 325 g/mol. The number of nitrogens with zero attached hydrogens (tertiary/aromatic N) is 3. The van der Waals surface area contributed by atoms with E-state index in [0.29, 0.717) is 36.2 Å². The molecule has 0 N–H and O–H groups in total. The lowest BCUT2D eigenvalue weighted by molar-refractivity contribution is -0.117. The van der Waals surface area contributed by atoms with Crippen molar-refractivity contribution in [3.8, 4) is 17.4 Å². The van der Waals surface area contributed by atoms with E-state index in [1.54, 1.807) is 30.4 Å². The molecular formula is C17H15N3O4. The first-order valence-electron chi connectivity index (χ1n) is 7.56. The highest BCUT2D eigenvalue weighted by molar-refractivity contribution is 5.96. The summed E-state index contributed by atoms with van der Waals surface area (Å²) < 4.78 is 15.7. The summed E-state index contributed by atoms with van der Waals surface area (Å²) in [5.74, 6) is 1.97. The molecule has 7 heteroatoms. The zero-order chi connectivity index (χ0) is 16.5. The number of benzene rings is 1. The number of amides is 1. The van der Waals surface area contributed by atoms with Gasteiger partial charge in [0.1, 0.15) is 5.75 Å². The Morgan fingerprint density at radius 3 is 3.00 bits per heavy atom. The topological polar surface area (TPSA) is 81.6 Å². The van der Waals surface area contributed by atoms with E-state index in [1.807, 2.05) is 24.3 Å². The lowest BCUT2D eigenvalue weighted by Crippen LogP contribution is -2.24. The molecule has 1 aliphatic heterocycles. The molecule has 3 heterocycles. The minimum Gasteiger partial charge on any atom is -0.497 e. The van der Waals surface area contributed by atoms with Crippen LogP contribution >= 0.6 is 0 Å². The molecule has 0 spiro atoms. The van der Waals surface area contributed by atoms with E-state index in [2.05, 4.69) is 10.1 Å². The van der Waals surface area contributed by atoms with E-state index in [9.17, 15) is 4.79 Å². The molecule has 1 amide bonds. The summed E-state index contributed by atoms with van der Waals surface area (Å²) in [5, 5.41) is 4.00. The Bertz CT molecular complexity index is 856. The molecule has 7 nitrogen and oxygen atoms in total. The SMILES string of the molecule is COc1cccc(N2CC(c3noc(-c4ccco4)n3)CC2=O)c1. The standard InChI is InChI=1S/C17H15N3O4/c1-22-13-5-2-4-12(9-13)20-10-11(8-15(20)21)16-18-17(24-19-16)14-6-3-7-23-14/h2-7,9,11H,8,10H2,1H3. The second-order valence-electron chi connectivity index (χ2n) is 5.54. The molecule has 2 aromatic heterocycles. The Balaban J connectivity index is 1.55. The molecule has 1 unspecified atom stereocenters.